The van der Waals surface area contributed by atoms with E-state index in [9.17, 15) is 4.79 Å². The van der Waals surface area contributed by atoms with Crippen LogP contribution in [0.4, 0.5) is 0 Å². The minimum absolute atomic E-state index is 0.0265. The van der Waals surface area contributed by atoms with Gasteiger partial charge in [-0.05, 0) is 12.8 Å². The van der Waals surface area contributed by atoms with E-state index >= 15 is 0 Å². The number of morpholine rings is 1. The zero-order chi connectivity index (χ0) is 17.2. The van der Waals surface area contributed by atoms with Gasteiger partial charge in [-0.25, -0.2) is 0 Å². The van der Waals surface area contributed by atoms with Gasteiger partial charge in [-0.15, -0.1) is 0 Å². The number of rotatable bonds is 9. The van der Waals surface area contributed by atoms with Gasteiger partial charge < -0.3 is 19.1 Å². The lowest BCUT2D eigenvalue weighted by molar-refractivity contribution is 0.0302. The quantitative estimate of drug-likeness (QED) is 0.649. The molecule has 1 aromatic heterocycles. The molecule has 1 aromatic rings. The molecule has 0 aliphatic carbocycles. The molecule has 0 radical (unpaired) electrons. The smallest absolute Gasteiger partial charge is 0.254 e. The van der Waals surface area contributed by atoms with Crippen LogP contribution in [0.15, 0.2) is 12.1 Å². The Morgan fingerprint density at radius 2 is 1.62 bits per heavy atom. The summed E-state index contributed by atoms with van der Waals surface area (Å²) >= 11 is 0. The molecule has 2 heterocycles. The number of ether oxygens (including phenoxy) is 3. The van der Waals surface area contributed by atoms with E-state index < -0.39 is 0 Å². The van der Waals surface area contributed by atoms with E-state index in [2.05, 4.69) is 18.8 Å². The maximum atomic E-state index is 12.7. The molecule has 1 aliphatic rings. The van der Waals surface area contributed by atoms with Crippen molar-refractivity contribution in [2.24, 2.45) is 0 Å². The van der Waals surface area contributed by atoms with Crippen LogP contribution in [-0.2, 0) is 4.74 Å². The second kappa shape index (κ2) is 10.1. The highest BCUT2D eigenvalue weighted by Gasteiger charge is 2.20. The summed E-state index contributed by atoms with van der Waals surface area (Å²) in [5.74, 6) is 0.879. The van der Waals surface area contributed by atoms with Crippen LogP contribution >= 0.6 is 0 Å². The van der Waals surface area contributed by atoms with Crippen LogP contribution in [0.5, 0.6) is 11.8 Å². The topological polar surface area (TPSA) is 60.9 Å². The summed E-state index contributed by atoms with van der Waals surface area (Å²) in [5.41, 5.74) is 0.560. The van der Waals surface area contributed by atoms with E-state index in [1.165, 1.54) is 0 Å². The van der Waals surface area contributed by atoms with Crippen molar-refractivity contribution in [3.8, 4) is 11.8 Å². The van der Waals surface area contributed by atoms with E-state index in [1.807, 2.05) is 0 Å². The molecule has 0 spiro atoms. The summed E-state index contributed by atoms with van der Waals surface area (Å²) in [5, 5.41) is 0. The van der Waals surface area contributed by atoms with Gasteiger partial charge in [0.25, 0.3) is 5.91 Å². The van der Waals surface area contributed by atoms with Crippen molar-refractivity contribution in [1.29, 1.82) is 0 Å². The van der Waals surface area contributed by atoms with Gasteiger partial charge in [-0.2, -0.15) is 4.98 Å². The molecule has 0 atom stereocenters. The molecule has 1 fully saturated rings. The molecule has 0 bridgehead atoms. The van der Waals surface area contributed by atoms with Crippen LogP contribution in [0.2, 0.25) is 0 Å². The predicted octanol–water partition coefficient (Wildman–Crippen LogP) is 2.91. The van der Waals surface area contributed by atoms with Gasteiger partial charge in [-0.3, -0.25) is 4.79 Å². The largest absolute Gasteiger partial charge is 0.478 e. The van der Waals surface area contributed by atoms with Crippen molar-refractivity contribution >= 4 is 5.91 Å². The standard InChI is InChI=1S/C18H28N2O4/c1-3-5-9-23-16-13-15(14-17(19-16)24-10-6-4-2)18(21)20-7-11-22-12-8-20/h13-14H,3-12H2,1-2H3. The van der Waals surface area contributed by atoms with Crippen LogP contribution in [-0.4, -0.2) is 55.3 Å². The fourth-order valence-corrected chi connectivity index (χ4v) is 2.34. The van der Waals surface area contributed by atoms with Crippen LogP contribution in [0, 0.1) is 0 Å². The first kappa shape index (κ1) is 18.5. The molecule has 2 rings (SSSR count). The molecule has 0 N–H and O–H groups in total. The molecule has 6 nitrogen and oxygen atoms in total. The van der Waals surface area contributed by atoms with E-state index in [0.29, 0.717) is 56.8 Å². The Bertz CT molecular complexity index is 487. The molecule has 0 aromatic carbocycles. The van der Waals surface area contributed by atoms with E-state index in [4.69, 9.17) is 14.2 Å². The van der Waals surface area contributed by atoms with Gasteiger partial charge in [0.1, 0.15) is 0 Å². The minimum Gasteiger partial charge on any atom is -0.478 e. The first-order chi connectivity index (χ1) is 11.7. The zero-order valence-corrected chi connectivity index (χ0v) is 14.8. The average molecular weight is 336 g/mol. The maximum absolute atomic E-state index is 12.7. The molecule has 0 unspecified atom stereocenters. The van der Waals surface area contributed by atoms with Crippen molar-refractivity contribution in [2.45, 2.75) is 39.5 Å². The first-order valence-electron chi connectivity index (χ1n) is 8.89. The number of carbonyl (C=O) groups excluding carboxylic acids is 1. The van der Waals surface area contributed by atoms with Gasteiger partial charge in [-0.1, -0.05) is 26.7 Å². The fraction of sp³-hybridized carbons (Fsp3) is 0.667. The van der Waals surface area contributed by atoms with Gasteiger partial charge in [0, 0.05) is 25.2 Å². The third kappa shape index (κ3) is 5.67. The Morgan fingerprint density at radius 3 is 2.12 bits per heavy atom. The SMILES string of the molecule is CCCCOc1cc(C(=O)N2CCOCC2)cc(OCCCC)n1. The zero-order valence-electron chi connectivity index (χ0n) is 14.8. The molecule has 1 aliphatic heterocycles. The summed E-state index contributed by atoms with van der Waals surface area (Å²) in [7, 11) is 0. The molecule has 0 saturated carbocycles. The predicted molar refractivity (Wildman–Crippen MR) is 91.8 cm³/mol. The highest BCUT2D eigenvalue weighted by atomic mass is 16.5. The Morgan fingerprint density at radius 1 is 1.08 bits per heavy atom. The van der Waals surface area contributed by atoms with E-state index in [1.54, 1.807) is 17.0 Å². The lowest BCUT2D eigenvalue weighted by Crippen LogP contribution is -2.40. The lowest BCUT2D eigenvalue weighted by atomic mass is 10.2. The Kier molecular flexibility index (Phi) is 7.82. The fourth-order valence-electron chi connectivity index (χ4n) is 2.34. The summed E-state index contributed by atoms with van der Waals surface area (Å²) in [6.07, 6.45) is 4.00. The number of amides is 1. The number of carbonyl (C=O) groups is 1. The first-order valence-corrected chi connectivity index (χ1v) is 8.89. The Labute approximate surface area is 144 Å². The third-order valence-corrected chi connectivity index (χ3v) is 3.82. The van der Waals surface area contributed by atoms with Gasteiger partial charge in [0.05, 0.1) is 32.0 Å². The molecular formula is C18H28N2O4. The molecule has 6 heteroatoms. The number of hydrogen-bond donors (Lipinski definition) is 0. The van der Waals surface area contributed by atoms with Gasteiger partial charge in [0.15, 0.2) is 0 Å². The Balaban J connectivity index is 2.12. The van der Waals surface area contributed by atoms with E-state index in [-0.39, 0.29) is 5.91 Å². The van der Waals surface area contributed by atoms with Crippen LogP contribution in [0.3, 0.4) is 0 Å². The third-order valence-electron chi connectivity index (χ3n) is 3.82. The average Bonchev–Trinajstić information content (AvgIpc) is 2.62. The maximum Gasteiger partial charge on any atom is 0.254 e. The number of nitrogens with zero attached hydrogens (tertiary/aromatic N) is 2. The molecule has 1 amide bonds. The van der Waals surface area contributed by atoms with Crippen LogP contribution < -0.4 is 9.47 Å². The van der Waals surface area contributed by atoms with Crippen LogP contribution in [0.25, 0.3) is 0 Å². The summed E-state index contributed by atoms with van der Waals surface area (Å²) in [6.45, 7) is 7.77. The van der Waals surface area contributed by atoms with Gasteiger partial charge in [0.2, 0.25) is 11.8 Å². The van der Waals surface area contributed by atoms with E-state index in [0.717, 1.165) is 25.7 Å². The summed E-state index contributed by atoms with van der Waals surface area (Å²) in [6, 6.07) is 3.42. The van der Waals surface area contributed by atoms with Crippen LogP contribution in [0.1, 0.15) is 49.9 Å². The second-order valence-corrected chi connectivity index (χ2v) is 5.84. The molecule has 1 saturated heterocycles. The highest BCUT2D eigenvalue weighted by molar-refractivity contribution is 5.94. The Hall–Kier alpha value is -1.82. The van der Waals surface area contributed by atoms with Crippen molar-refractivity contribution in [3.63, 3.8) is 0 Å². The number of pyridine rings is 1. The lowest BCUT2D eigenvalue weighted by Gasteiger charge is -2.27. The monoisotopic (exact) mass is 336 g/mol. The van der Waals surface area contributed by atoms with Crippen molar-refractivity contribution in [2.75, 3.05) is 39.5 Å². The number of unbranched alkanes of at least 4 members (excludes halogenated alkanes) is 2. The summed E-state index contributed by atoms with van der Waals surface area (Å²) in [4.78, 5) is 18.9. The van der Waals surface area contributed by atoms with Gasteiger partial charge >= 0.3 is 0 Å². The molecular weight excluding hydrogens is 308 g/mol. The van der Waals surface area contributed by atoms with Crippen molar-refractivity contribution in [3.05, 3.63) is 17.7 Å². The number of aromatic nitrogens is 1. The van der Waals surface area contributed by atoms with Crippen molar-refractivity contribution in [1.82, 2.24) is 9.88 Å². The van der Waals surface area contributed by atoms with Crippen molar-refractivity contribution < 1.29 is 19.0 Å². The number of hydrogen-bond acceptors (Lipinski definition) is 5. The normalized spacial score (nSPS) is 14.5. The molecule has 24 heavy (non-hydrogen) atoms. The second-order valence-electron chi connectivity index (χ2n) is 5.84. The summed E-state index contributed by atoms with van der Waals surface area (Å²) < 4.78 is 16.7. The highest BCUT2D eigenvalue weighted by Crippen LogP contribution is 2.20. The minimum atomic E-state index is -0.0265. The molecule has 134 valence electrons.